The van der Waals surface area contributed by atoms with Crippen LogP contribution in [0.3, 0.4) is 0 Å². The molecule has 0 saturated carbocycles. The van der Waals surface area contributed by atoms with E-state index in [0.717, 1.165) is 40.7 Å². The summed E-state index contributed by atoms with van der Waals surface area (Å²) in [7, 11) is 0. The molecule has 5 nitrogen and oxygen atoms in total. The zero-order chi connectivity index (χ0) is 35.7. The van der Waals surface area contributed by atoms with Gasteiger partial charge in [0.05, 0.1) is 17.7 Å². The summed E-state index contributed by atoms with van der Waals surface area (Å²) >= 11 is 0. The first-order valence-corrected chi connectivity index (χ1v) is 17.7. The van der Waals surface area contributed by atoms with Crippen molar-refractivity contribution in [3.8, 4) is 17.3 Å². The van der Waals surface area contributed by atoms with E-state index in [2.05, 4.69) is 170 Å². The van der Waals surface area contributed by atoms with Gasteiger partial charge in [-0.05, 0) is 116 Å². The summed E-state index contributed by atoms with van der Waals surface area (Å²) in [6.45, 7) is 25.6. The van der Waals surface area contributed by atoms with E-state index < -0.39 is 0 Å². The highest BCUT2D eigenvalue weighted by atomic mass is 16.5. The summed E-state index contributed by atoms with van der Waals surface area (Å²) in [4.78, 5) is 9.73. The Morgan fingerprint density at radius 1 is 0.620 bits per heavy atom. The third-order valence-corrected chi connectivity index (χ3v) is 10.7. The van der Waals surface area contributed by atoms with Gasteiger partial charge >= 0.3 is 0 Å². The standard InChI is InChI=1S/C45H50N4O/c1-28-29(2)31(4)43(32(5)30(28)3)47-26-41(45(9,10)11)48(27-47)34-15-14-16-35(24-34)50-36-19-20-38-37-17-12-13-18-39(37)49(40(38)25-36)42-23-33(21-22-46-42)44(6,7)8/h12-26H,27H2,1-11H3. The third-order valence-electron chi connectivity index (χ3n) is 10.7. The van der Waals surface area contributed by atoms with Crippen LogP contribution >= 0.6 is 0 Å². The highest BCUT2D eigenvalue weighted by Crippen LogP contribution is 2.43. The van der Waals surface area contributed by atoms with Crippen LogP contribution < -0.4 is 14.5 Å². The maximum absolute atomic E-state index is 6.67. The second kappa shape index (κ2) is 12.1. The first-order chi connectivity index (χ1) is 23.6. The van der Waals surface area contributed by atoms with Crippen molar-refractivity contribution in [1.82, 2.24) is 9.55 Å². The Balaban J connectivity index is 1.26. The fourth-order valence-corrected chi connectivity index (χ4v) is 7.47. The molecule has 2 aromatic heterocycles. The summed E-state index contributed by atoms with van der Waals surface area (Å²) < 4.78 is 8.94. The number of hydrogen-bond donors (Lipinski definition) is 0. The fraction of sp³-hybridized carbons (Fsp3) is 0.311. The molecule has 0 spiro atoms. The van der Waals surface area contributed by atoms with Crippen LogP contribution in [-0.4, -0.2) is 16.2 Å². The van der Waals surface area contributed by atoms with Crippen LogP contribution in [0.25, 0.3) is 27.6 Å². The van der Waals surface area contributed by atoms with Crippen molar-refractivity contribution in [3.63, 3.8) is 0 Å². The van der Waals surface area contributed by atoms with Gasteiger partial charge in [0.1, 0.15) is 17.3 Å². The quantitative estimate of drug-likeness (QED) is 0.184. The number of para-hydroxylation sites is 1. The molecule has 0 fully saturated rings. The number of pyridine rings is 1. The molecular formula is C45H50N4O. The number of rotatable bonds is 5. The van der Waals surface area contributed by atoms with Crippen LogP contribution in [0.1, 0.15) is 74.9 Å². The molecule has 0 N–H and O–H groups in total. The highest BCUT2D eigenvalue weighted by molar-refractivity contribution is 6.09. The van der Waals surface area contributed by atoms with Gasteiger partial charge in [0.25, 0.3) is 0 Å². The molecule has 0 atom stereocenters. The molecule has 0 amide bonds. The largest absolute Gasteiger partial charge is 0.457 e. The minimum atomic E-state index is -0.0566. The van der Waals surface area contributed by atoms with Crippen LogP contribution in [0.4, 0.5) is 11.4 Å². The minimum Gasteiger partial charge on any atom is -0.457 e. The van der Waals surface area contributed by atoms with E-state index in [0.29, 0.717) is 0 Å². The molecule has 1 aliphatic heterocycles. The molecule has 6 aromatic rings. The van der Waals surface area contributed by atoms with E-state index in [4.69, 9.17) is 9.72 Å². The van der Waals surface area contributed by atoms with Crippen LogP contribution in [0, 0.1) is 40.0 Å². The zero-order valence-electron chi connectivity index (χ0n) is 31.6. The minimum absolute atomic E-state index is 0.0137. The number of aromatic nitrogens is 2. The van der Waals surface area contributed by atoms with Gasteiger partial charge in [0.15, 0.2) is 0 Å². The Morgan fingerprint density at radius 3 is 1.98 bits per heavy atom. The number of hydrogen-bond acceptors (Lipinski definition) is 4. The molecule has 256 valence electrons. The number of fused-ring (bicyclic) bond motifs is 3. The first kappa shape index (κ1) is 33.5. The number of benzene rings is 4. The Labute approximate surface area is 297 Å². The van der Waals surface area contributed by atoms with Crippen molar-refractivity contribution in [3.05, 3.63) is 130 Å². The molecule has 1 aliphatic rings. The van der Waals surface area contributed by atoms with E-state index in [1.807, 2.05) is 12.3 Å². The van der Waals surface area contributed by atoms with Gasteiger partial charge in [-0.3, -0.25) is 4.57 Å². The van der Waals surface area contributed by atoms with E-state index in [1.165, 1.54) is 55.5 Å². The maximum Gasteiger partial charge on any atom is 0.137 e. The van der Waals surface area contributed by atoms with Crippen LogP contribution in [0.15, 0.2) is 97.0 Å². The molecule has 5 heteroatoms. The molecule has 0 radical (unpaired) electrons. The normalized spacial score (nSPS) is 13.9. The molecule has 7 rings (SSSR count). The highest BCUT2D eigenvalue weighted by Gasteiger charge is 2.33. The lowest BCUT2D eigenvalue weighted by Crippen LogP contribution is -2.31. The average Bonchev–Trinajstić information content (AvgIpc) is 3.67. The summed E-state index contributed by atoms with van der Waals surface area (Å²) in [5, 5.41) is 2.37. The zero-order valence-corrected chi connectivity index (χ0v) is 31.6. The number of nitrogens with zero attached hydrogens (tertiary/aromatic N) is 4. The third kappa shape index (κ3) is 5.73. The molecule has 0 aliphatic carbocycles. The molecule has 0 bridgehead atoms. The van der Waals surface area contributed by atoms with E-state index in [9.17, 15) is 0 Å². The van der Waals surface area contributed by atoms with E-state index in [-0.39, 0.29) is 10.8 Å². The molecular weight excluding hydrogens is 613 g/mol. The SMILES string of the molecule is Cc1c(C)c(C)c(N2C=C(C(C)(C)C)N(c3cccc(Oc4ccc5c6ccccc6n(-c6cc(C(C)(C)C)ccn6)c5c4)c3)C2)c(C)c1C. The predicted molar refractivity (Wildman–Crippen MR) is 211 cm³/mol. The van der Waals surface area contributed by atoms with Gasteiger partial charge in [-0.25, -0.2) is 4.98 Å². The lowest BCUT2D eigenvalue weighted by molar-refractivity contribution is 0.481. The Kier molecular flexibility index (Phi) is 8.09. The Bertz CT molecular complexity index is 2280. The summed E-state index contributed by atoms with van der Waals surface area (Å²) in [6, 6.07) is 27.8. The van der Waals surface area contributed by atoms with Crippen molar-refractivity contribution in [1.29, 1.82) is 0 Å². The van der Waals surface area contributed by atoms with Crippen LogP contribution in [0.5, 0.6) is 11.5 Å². The topological polar surface area (TPSA) is 33.5 Å². The summed E-state index contributed by atoms with van der Waals surface area (Å²) in [6.07, 6.45) is 4.28. The predicted octanol–water partition coefficient (Wildman–Crippen LogP) is 12.0. The van der Waals surface area contributed by atoms with Gasteiger partial charge in [-0.15, -0.1) is 0 Å². The molecule has 0 saturated heterocycles. The van der Waals surface area contributed by atoms with Crippen LogP contribution in [-0.2, 0) is 5.41 Å². The van der Waals surface area contributed by atoms with Gasteiger partial charge in [-0.1, -0.05) is 65.8 Å². The second-order valence-corrected chi connectivity index (χ2v) is 16.1. The molecule has 3 heterocycles. The number of allylic oxidation sites excluding steroid dienone is 1. The first-order valence-electron chi connectivity index (χ1n) is 17.7. The van der Waals surface area contributed by atoms with Crippen molar-refractivity contribution in [2.45, 2.75) is 81.6 Å². The van der Waals surface area contributed by atoms with Gasteiger partial charge in [0, 0.05) is 57.8 Å². The van der Waals surface area contributed by atoms with Crippen molar-refractivity contribution in [2.24, 2.45) is 5.41 Å². The van der Waals surface area contributed by atoms with Crippen molar-refractivity contribution < 1.29 is 4.74 Å². The van der Waals surface area contributed by atoms with E-state index >= 15 is 0 Å². The molecule has 0 unspecified atom stereocenters. The monoisotopic (exact) mass is 662 g/mol. The lowest BCUT2D eigenvalue weighted by Gasteiger charge is -2.31. The lowest BCUT2D eigenvalue weighted by atomic mass is 9.88. The fourth-order valence-electron chi connectivity index (χ4n) is 7.47. The van der Waals surface area contributed by atoms with Crippen molar-refractivity contribution in [2.75, 3.05) is 16.5 Å². The summed E-state index contributed by atoms with van der Waals surface area (Å²) in [5.41, 5.74) is 13.9. The van der Waals surface area contributed by atoms with Crippen LogP contribution in [0.2, 0.25) is 0 Å². The van der Waals surface area contributed by atoms with E-state index in [1.54, 1.807) is 0 Å². The maximum atomic E-state index is 6.67. The average molecular weight is 663 g/mol. The smallest absolute Gasteiger partial charge is 0.137 e. The Morgan fingerprint density at radius 2 is 1.28 bits per heavy atom. The van der Waals surface area contributed by atoms with Gasteiger partial charge in [-0.2, -0.15) is 0 Å². The summed E-state index contributed by atoms with van der Waals surface area (Å²) in [5.74, 6) is 2.50. The number of ether oxygens (including phenoxy) is 1. The second-order valence-electron chi connectivity index (χ2n) is 16.1. The molecule has 50 heavy (non-hydrogen) atoms. The molecule has 4 aromatic carbocycles. The Hall–Kier alpha value is -5.03. The van der Waals surface area contributed by atoms with Gasteiger partial charge < -0.3 is 14.5 Å². The van der Waals surface area contributed by atoms with Gasteiger partial charge in [0.2, 0.25) is 0 Å². The van der Waals surface area contributed by atoms with Crippen molar-refractivity contribution >= 4 is 33.2 Å². The number of anilines is 2.